The summed E-state index contributed by atoms with van der Waals surface area (Å²) in [6, 6.07) is 0. The van der Waals surface area contributed by atoms with Gasteiger partial charge in [-0.3, -0.25) is 4.52 Å². The fourth-order valence-corrected chi connectivity index (χ4v) is 0.596. The van der Waals surface area contributed by atoms with E-state index < -0.39 is 14.1 Å². The third-order valence-corrected chi connectivity index (χ3v) is 0.870. The van der Waals surface area contributed by atoms with Crippen LogP contribution in [0.5, 0.6) is 0 Å². The van der Waals surface area contributed by atoms with Crippen molar-refractivity contribution in [1.82, 2.24) is 0 Å². The minimum Gasteiger partial charge on any atom is -1.00 e. The fraction of sp³-hybridized carbons (Fsp3) is 1.00. The molecule has 0 saturated carbocycles. The zero-order chi connectivity index (χ0) is 6.78. The first kappa shape index (κ1) is 31.2. The van der Waals surface area contributed by atoms with Crippen LogP contribution in [0, 0.1) is 0 Å². The van der Waals surface area contributed by atoms with E-state index in [0.29, 0.717) is 0 Å². The minimum absolute atomic E-state index is 0. The first-order chi connectivity index (χ1) is 3.42. The Morgan fingerprint density at radius 1 is 1.25 bits per heavy atom. The Morgan fingerprint density at radius 3 is 1.50 bits per heavy atom. The van der Waals surface area contributed by atoms with E-state index >= 15 is 0 Å². The van der Waals surface area contributed by atoms with Gasteiger partial charge in [0.1, 0.15) is 0 Å². The van der Waals surface area contributed by atoms with Crippen molar-refractivity contribution in [1.29, 1.82) is 0 Å². The number of hydrogen-bond donors (Lipinski definition) is 3. The maximum atomic E-state index is 9.75. The number of phosphoric ester groups is 1. The van der Waals surface area contributed by atoms with Gasteiger partial charge in [0.25, 0.3) is 0 Å². The van der Waals surface area contributed by atoms with E-state index in [0.717, 1.165) is 6.92 Å². The van der Waals surface area contributed by atoms with Crippen molar-refractivity contribution in [2.24, 2.45) is 0 Å². The van der Waals surface area contributed by atoms with Gasteiger partial charge in [0.05, 0.1) is 0 Å². The van der Waals surface area contributed by atoms with Crippen LogP contribution in [0.15, 0.2) is 0 Å². The van der Waals surface area contributed by atoms with Crippen molar-refractivity contribution in [3.8, 4) is 0 Å². The van der Waals surface area contributed by atoms with E-state index in [1.165, 1.54) is 0 Å². The van der Waals surface area contributed by atoms with Gasteiger partial charge in [-0.05, 0) is 6.92 Å². The average Bonchev–Trinajstić information content (AvgIpc) is 1.21. The topological polar surface area (TPSA) is 87.0 Å². The number of phosphoric acid groups is 1. The summed E-state index contributed by atoms with van der Waals surface area (Å²) in [5, 5.41) is 8.17. The Balaban J connectivity index is -0.00000000875. The third kappa shape index (κ3) is 30.0. The largest absolute Gasteiger partial charge is 1.00 e. The molecule has 0 amide bonds. The number of hydrogen-bond acceptors (Lipinski definition) is 3. The Bertz CT molecular complexity index is 127. The second kappa shape index (κ2) is 17.6. The number of aliphatic hydroxyl groups excluding tert-OH is 1. The predicted molar refractivity (Wildman–Crippen MR) is 29.3 cm³/mol. The van der Waals surface area contributed by atoms with E-state index in [1.54, 1.807) is 0 Å². The monoisotopic (exact) mass is 302 g/mol. The molecule has 0 rings (SSSR count). The van der Waals surface area contributed by atoms with Gasteiger partial charge in [-0.25, -0.2) is 4.57 Å². The smallest absolute Gasteiger partial charge is 1.00 e. The van der Waals surface area contributed by atoms with Crippen LogP contribution in [-0.2, 0) is 9.09 Å². The SMILES string of the molecule is CC(O)OP(=O)(O)O.[H-].[H-].[H-].[H-].[K+].[K+].[K+].[K+]. The summed E-state index contributed by atoms with van der Waals surface area (Å²) in [5.41, 5.74) is 0. The van der Waals surface area contributed by atoms with Crippen molar-refractivity contribution < 1.29 is 235 Å². The molecule has 0 radical (unpaired) electrons. The second-order valence-corrected chi connectivity index (χ2v) is 2.39. The molecule has 0 aromatic heterocycles. The van der Waals surface area contributed by atoms with Crippen LogP contribution < -0.4 is 206 Å². The summed E-state index contributed by atoms with van der Waals surface area (Å²) >= 11 is 0. The molecule has 0 aromatic rings. The first-order valence-corrected chi connectivity index (χ1v) is 3.37. The maximum absolute atomic E-state index is 9.75. The van der Waals surface area contributed by atoms with Gasteiger partial charge in [-0.1, -0.05) is 0 Å². The zero-order valence-electron chi connectivity index (χ0n) is 12.2. The molecule has 0 spiro atoms. The van der Waals surface area contributed by atoms with Crippen LogP contribution in [0.2, 0.25) is 0 Å². The van der Waals surface area contributed by atoms with E-state index in [9.17, 15) is 4.57 Å². The molecule has 0 aliphatic heterocycles. The molecule has 58 valence electrons. The van der Waals surface area contributed by atoms with E-state index in [-0.39, 0.29) is 211 Å². The quantitative estimate of drug-likeness (QED) is 0.268. The van der Waals surface area contributed by atoms with Crippen molar-refractivity contribution >= 4 is 7.82 Å². The molecule has 0 saturated heterocycles. The van der Waals surface area contributed by atoms with Crippen molar-refractivity contribution in [2.75, 3.05) is 0 Å². The van der Waals surface area contributed by atoms with Gasteiger partial charge in [-0.15, -0.1) is 0 Å². The molecule has 3 N–H and O–H groups in total. The van der Waals surface area contributed by atoms with Crippen LogP contribution in [0.25, 0.3) is 0 Å². The summed E-state index contributed by atoms with van der Waals surface area (Å²) in [5.74, 6) is 0. The molecule has 1 atom stereocenters. The van der Waals surface area contributed by atoms with E-state index in [1.807, 2.05) is 0 Å². The van der Waals surface area contributed by atoms with E-state index in [2.05, 4.69) is 4.52 Å². The van der Waals surface area contributed by atoms with Gasteiger partial charge >= 0.3 is 213 Å². The van der Waals surface area contributed by atoms with Crippen LogP contribution in [0.4, 0.5) is 0 Å². The van der Waals surface area contributed by atoms with Crippen LogP contribution in [0.3, 0.4) is 0 Å². The molecule has 0 heterocycles. The third-order valence-electron chi connectivity index (χ3n) is 0.290. The van der Waals surface area contributed by atoms with Crippen molar-refractivity contribution in [2.45, 2.75) is 13.2 Å². The van der Waals surface area contributed by atoms with Crippen LogP contribution in [-0.4, -0.2) is 21.2 Å². The second-order valence-electron chi connectivity index (χ2n) is 1.20. The molecule has 5 nitrogen and oxygen atoms in total. The fourth-order valence-electron chi connectivity index (χ4n) is 0.199. The molecule has 0 aliphatic rings. The minimum atomic E-state index is -4.47. The Labute approximate surface area is 248 Å². The van der Waals surface area contributed by atoms with Crippen LogP contribution in [0.1, 0.15) is 12.6 Å². The molecule has 0 aromatic carbocycles. The van der Waals surface area contributed by atoms with Crippen LogP contribution >= 0.6 is 7.82 Å². The standard InChI is InChI=1S/C2H7O5P.4K.4H/c1-2(3)7-8(4,5)6;;;;;;;;/h2-3H,1H3,(H2,4,5,6);;;;;;;;/q;4*+1;4*-1. The number of aliphatic hydroxyl groups is 1. The zero-order valence-corrected chi connectivity index (χ0v) is 21.6. The van der Waals surface area contributed by atoms with Crippen molar-refractivity contribution in [3.05, 3.63) is 0 Å². The van der Waals surface area contributed by atoms with Gasteiger partial charge < -0.3 is 20.6 Å². The van der Waals surface area contributed by atoms with Gasteiger partial charge in [-0.2, -0.15) is 0 Å². The summed E-state index contributed by atoms with van der Waals surface area (Å²) < 4.78 is 13.4. The molecule has 12 heavy (non-hydrogen) atoms. The van der Waals surface area contributed by atoms with E-state index in [4.69, 9.17) is 14.9 Å². The maximum Gasteiger partial charge on any atom is 1.00 e. The molecule has 0 fully saturated rings. The van der Waals surface area contributed by atoms with Gasteiger partial charge in [0.15, 0.2) is 6.29 Å². The Morgan fingerprint density at radius 2 is 1.50 bits per heavy atom. The summed E-state index contributed by atoms with van der Waals surface area (Å²) in [7, 11) is -4.47. The molecule has 10 heteroatoms. The first-order valence-electron chi connectivity index (χ1n) is 1.84. The Hall–Kier alpha value is 6.62. The molecule has 1 unspecified atom stereocenters. The average molecular weight is 302 g/mol. The number of rotatable bonds is 2. The van der Waals surface area contributed by atoms with Gasteiger partial charge in [0, 0.05) is 0 Å². The summed E-state index contributed by atoms with van der Waals surface area (Å²) in [6.45, 7) is 1.11. The molecular formula is C2H11K4O5P. The molecular weight excluding hydrogens is 291 g/mol. The van der Waals surface area contributed by atoms with Gasteiger partial charge in [0.2, 0.25) is 0 Å². The predicted octanol–water partition coefficient (Wildman–Crippen LogP) is -12.1. The normalized spacial score (nSPS) is 10.7. The molecule has 0 bridgehead atoms. The summed E-state index contributed by atoms with van der Waals surface area (Å²) in [6.07, 6.45) is -1.42. The summed E-state index contributed by atoms with van der Waals surface area (Å²) in [4.78, 5) is 15.8. The van der Waals surface area contributed by atoms with Crippen molar-refractivity contribution in [3.63, 3.8) is 0 Å². The molecule has 0 aliphatic carbocycles. The Kier molecular flexibility index (Phi) is 45.7.